The summed E-state index contributed by atoms with van der Waals surface area (Å²) in [7, 11) is 0. The maximum atomic E-state index is 6.07. The molecular weight excluding hydrogens is 345 g/mol. The summed E-state index contributed by atoms with van der Waals surface area (Å²) in [6, 6.07) is 0. The molecule has 3 nitrogen and oxygen atoms in total. The third kappa shape index (κ3) is 2.78. The van der Waals surface area contributed by atoms with Crippen LogP contribution in [-0.2, 0) is 0 Å². The van der Waals surface area contributed by atoms with E-state index in [1.807, 2.05) is 13.8 Å². The first-order valence-corrected chi connectivity index (χ1v) is 7.20. The van der Waals surface area contributed by atoms with Gasteiger partial charge in [-0.05, 0) is 21.8 Å². The van der Waals surface area contributed by atoms with Crippen LogP contribution in [0.4, 0.5) is 0 Å². The van der Waals surface area contributed by atoms with Gasteiger partial charge >= 0.3 is 0 Å². The minimum Gasteiger partial charge on any atom is -0.240 e. The average molecular weight is 353 g/mol. The van der Waals surface area contributed by atoms with Gasteiger partial charge in [0.2, 0.25) is 0 Å². The fourth-order valence-electron chi connectivity index (χ4n) is 1.27. The van der Waals surface area contributed by atoms with Crippen molar-refractivity contribution in [1.82, 2.24) is 15.0 Å². The fraction of sp³-hybridized carbons (Fsp3) is 0.300. The van der Waals surface area contributed by atoms with Crippen molar-refractivity contribution in [1.29, 1.82) is 0 Å². The molecule has 0 N–H and O–H groups in total. The summed E-state index contributed by atoms with van der Waals surface area (Å²) in [6.45, 7) is 4.09. The number of hydrogen-bond acceptors (Lipinski definition) is 4. The average Bonchev–Trinajstić information content (AvgIpc) is 2.68. The second-order valence-corrected chi connectivity index (χ2v) is 6.47. The predicted octanol–water partition coefficient (Wildman–Crippen LogP) is 4.79. The predicted molar refractivity (Wildman–Crippen MR) is 74.9 cm³/mol. The quantitative estimate of drug-likeness (QED) is 0.729. The van der Waals surface area contributed by atoms with Gasteiger partial charge in [-0.15, -0.1) is 0 Å². The lowest BCUT2D eigenvalue weighted by atomic mass is 10.1. The highest BCUT2D eigenvalue weighted by molar-refractivity contribution is 9.10. The molecule has 0 spiro atoms. The molecule has 0 aromatic carbocycles. The summed E-state index contributed by atoms with van der Waals surface area (Å²) >= 11 is 16.6. The first kappa shape index (κ1) is 13.2. The van der Waals surface area contributed by atoms with Gasteiger partial charge < -0.3 is 0 Å². The zero-order chi connectivity index (χ0) is 12.6. The fourth-order valence-corrected chi connectivity index (χ4v) is 2.93. The topological polar surface area (TPSA) is 38.7 Å². The second kappa shape index (κ2) is 5.18. The summed E-state index contributed by atoms with van der Waals surface area (Å²) < 4.78 is 1.34. The highest BCUT2D eigenvalue weighted by Crippen LogP contribution is 2.32. The molecule has 7 heteroatoms. The molecule has 2 heterocycles. The van der Waals surface area contributed by atoms with Gasteiger partial charge in [0.05, 0.1) is 16.4 Å². The van der Waals surface area contributed by atoms with Crippen LogP contribution in [0.3, 0.4) is 0 Å². The summed E-state index contributed by atoms with van der Waals surface area (Å²) in [6.07, 6.45) is 1.58. The molecule has 0 radical (unpaired) electrons. The zero-order valence-electron chi connectivity index (χ0n) is 9.04. The van der Waals surface area contributed by atoms with Crippen LogP contribution in [0.1, 0.15) is 25.5 Å². The molecule has 2 rings (SSSR count). The molecule has 0 bridgehead atoms. The molecule has 0 unspecified atom stereocenters. The molecule has 0 aliphatic carbocycles. The molecule has 0 aliphatic heterocycles. The number of aromatic nitrogens is 3. The molecule has 0 saturated carbocycles. The SMILES string of the molecule is CC(C)c1nc(-c2ncc(Cl)s2)nc(Cl)c1Br. The van der Waals surface area contributed by atoms with Crippen LogP contribution >= 0.6 is 50.5 Å². The Hall–Kier alpha value is -0.230. The largest absolute Gasteiger partial charge is 0.240 e. The standard InChI is InChI=1S/C10H8BrCl2N3S/c1-4(2)7-6(11)8(13)16-9(15-7)10-14-3-5(12)17-10/h3-4H,1-2H3. The molecule has 0 aliphatic rings. The number of rotatable bonds is 2. The van der Waals surface area contributed by atoms with Crippen molar-refractivity contribution < 1.29 is 0 Å². The summed E-state index contributed by atoms with van der Waals surface area (Å²) in [5.74, 6) is 0.762. The molecule has 0 saturated heterocycles. The number of hydrogen-bond donors (Lipinski definition) is 0. The normalized spacial score (nSPS) is 11.2. The van der Waals surface area contributed by atoms with Gasteiger partial charge in [0, 0.05) is 0 Å². The van der Waals surface area contributed by atoms with Crippen LogP contribution < -0.4 is 0 Å². The Morgan fingerprint density at radius 3 is 2.53 bits per heavy atom. The Kier molecular flexibility index (Phi) is 4.02. The van der Waals surface area contributed by atoms with Crippen LogP contribution in [0.2, 0.25) is 9.49 Å². The van der Waals surface area contributed by atoms with E-state index in [0.717, 1.165) is 10.2 Å². The first-order valence-electron chi connectivity index (χ1n) is 4.83. The summed E-state index contributed by atoms with van der Waals surface area (Å²) in [5.41, 5.74) is 0.867. The Balaban J connectivity index is 2.56. The lowest BCUT2D eigenvalue weighted by Crippen LogP contribution is -2.00. The second-order valence-electron chi connectivity index (χ2n) is 3.66. The van der Waals surface area contributed by atoms with Gasteiger partial charge in [-0.1, -0.05) is 48.4 Å². The van der Waals surface area contributed by atoms with Crippen molar-refractivity contribution in [2.75, 3.05) is 0 Å². The van der Waals surface area contributed by atoms with Crippen molar-refractivity contribution in [3.05, 3.63) is 25.9 Å². The van der Waals surface area contributed by atoms with Crippen molar-refractivity contribution in [3.8, 4) is 10.8 Å². The van der Waals surface area contributed by atoms with E-state index in [-0.39, 0.29) is 5.92 Å². The van der Waals surface area contributed by atoms with Crippen molar-refractivity contribution in [2.24, 2.45) is 0 Å². The van der Waals surface area contributed by atoms with Gasteiger partial charge in [-0.3, -0.25) is 0 Å². The maximum absolute atomic E-state index is 6.07. The lowest BCUT2D eigenvalue weighted by Gasteiger charge is -2.09. The van der Waals surface area contributed by atoms with E-state index < -0.39 is 0 Å². The van der Waals surface area contributed by atoms with Gasteiger partial charge in [-0.25, -0.2) is 15.0 Å². The molecule has 2 aromatic heterocycles. The number of thiazole rings is 1. The summed E-state index contributed by atoms with van der Waals surface area (Å²) in [5, 5.41) is 1.07. The molecule has 2 aromatic rings. The van der Waals surface area contributed by atoms with E-state index >= 15 is 0 Å². The van der Waals surface area contributed by atoms with E-state index in [0.29, 0.717) is 20.3 Å². The first-order chi connectivity index (χ1) is 7.99. The Bertz CT molecular complexity index is 556. The maximum Gasteiger partial charge on any atom is 0.190 e. The Morgan fingerprint density at radius 2 is 2.00 bits per heavy atom. The van der Waals surface area contributed by atoms with E-state index in [4.69, 9.17) is 23.2 Å². The number of halogens is 3. The third-order valence-electron chi connectivity index (χ3n) is 2.05. The van der Waals surface area contributed by atoms with E-state index in [2.05, 4.69) is 30.9 Å². The molecule has 17 heavy (non-hydrogen) atoms. The minimum atomic E-state index is 0.249. The lowest BCUT2D eigenvalue weighted by molar-refractivity contribution is 0.809. The van der Waals surface area contributed by atoms with Crippen LogP contribution in [0.25, 0.3) is 10.8 Å². The van der Waals surface area contributed by atoms with Crippen molar-refractivity contribution >= 4 is 50.5 Å². The monoisotopic (exact) mass is 351 g/mol. The summed E-state index contributed by atoms with van der Waals surface area (Å²) in [4.78, 5) is 12.8. The highest BCUT2D eigenvalue weighted by atomic mass is 79.9. The smallest absolute Gasteiger partial charge is 0.190 e. The van der Waals surface area contributed by atoms with Crippen LogP contribution in [0.15, 0.2) is 10.7 Å². The molecule has 0 atom stereocenters. The van der Waals surface area contributed by atoms with Crippen molar-refractivity contribution in [3.63, 3.8) is 0 Å². The number of nitrogens with zero attached hydrogens (tertiary/aromatic N) is 3. The van der Waals surface area contributed by atoms with Gasteiger partial charge in [0.15, 0.2) is 10.8 Å². The van der Waals surface area contributed by atoms with Crippen LogP contribution in [0.5, 0.6) is 0 Å². The van der Waals surface area contributed by atoms with Gasteiger partial charge in [0.1, 0.15) is 9.49 Å². The van der Waals surface area contributed by atoms with E-state index in [9.17, 15) is 0 Å². The van der Waals surface area contributed by atoms with E-state index in [1.165, 1.54) is 11.3 Å². The van der Waals surface area contributed by atoms with Gasteiger partial charge in [-0.2, -0.15) is 0 Å². The molecule has 90 valence electrons. The third-order valence-corrected chi connectivity index (χ3v) is 4.45. The molecule has 0 amide bonds. The van der Waals surface area contributed by atoms with Crippen LogP contribution in [-0.4, -0.2) is 15.0 Å². The zero-order valence-corrected chi connectivity index (χ0v) is 13.0. The minimum absolute atomic E-state index is 0.249. The van der Waals surface area contributed by atoms with Crippen LogP contribution in [0, 0.1) is 0 Å². The highest BCUT2D eigenvalue weighted by Gasteiger charge is 2.16. The Morgan fingerprint density at radius 1 is 1.29 bits per heavy atom. The molecule has 0 fully saturated rings. The Labute approximate surface area is 121 Å². The van der Waals surface area contributed by atoms with Crippen molar-refractivity contribution in [2.45, 2.75) is 19.8 Å². The van der Waals surface area contributed by atoms with E-state index in [1.54, 1.807) is 6.20 Å². The van der Waals surface area contributed by atoms with Gasteiger partial charge in [0.25, 0.3) is 0 Å². The molecular formula is C10H8BrCl2N3S.